The second kappa shape index (κ2) is 10.3. The third kappa shape index (κ3) is 5.73. The molecule has 1 saturated heterocycles. The first-order valence-corrected chi connectivity index (χ1v) is 9.90. The molecule has 0 spiro atoms. The van der Waals surface area contributed by atoms with Gasteiger partial charge >= 0.3 is 17.8 Å². The van der Waals surface area contributed by atoms with E-state index in [2.05, 4.69) is 16.0 Å². The Morgan fingerprint density at radius 1 is 0.933 bits per heavy atom. The molecule has 1 aliphatic heterocycles. The van der Waals surface area contributed by atoms with Gasteiger partial charge in [-0.15, -0.1) is 0 Å². The average Bonchev–Trinajstić information content (AvgIpc) is 2.78. The first-order chi connectivity index (χ1) is 14.6. The predicted octanol–water partition coefficient (Wildman–Crippen LogP) is 2.69. The van der Waals surface area contributed by atoms with Gasteiger partial charge in [0.05, 0.1) is 12.8 Å². The van der Waals surface area contributed by atoms with Crippen molar-refractivity contribution < 1.29 is 19.1 Å². The smallest absolute Gasteiger partial charge is 0.321 e. The lowest BCUT2D eigenvalue weighted by atomic mass is 9.97. The molecular weight excluding hydrogens is 384 g/mol. The van der Waals surface area contributed by atoms with Gasteiger partial charge in [0, 0.05) is 25.3 Å². The summed E-state index contributed by atoms with van der Waals surface area (Å²) in [5, 5.41) is 8.12. The predicted molar refractivity (Wildman–Crippen MR) is 114 cm³/mol. The monoisotopic (exact) mass is 410 g/mol. The van der Waals surface area contributed by atoms with Crippen LogP contribution >= 0.6 is 0 Å². The molecule has 0 bridgehead atoms. The fraction of sp³-hybridized carbons (Fsp3) is 0.318. The van der Waals surface area contributed by atoms with Crippen molar-refractivity contribution in [2.75, 3.05) is 37.4 Å². The van der Waals surface area contributed by atoms with Gasteiger partial charge in [-0.2, -0.15) is 0 Å². The van der Waals surface area contributed by atoms with Crippen LogP contribution in [0.3, 0.4) is 0 Å². The number of para-hydroxylation sites is 3. The number of carbonyl (C=O) groups is 3. The van der Waals surface area contributed by atoms with Crippen LogP contribution < -0.4 is 20.7 Å². The molecule has 1 aliphatic rings. The van der Waals surface area contributed by atoms with E-state index in [-0.39, 0.29) is 11.9 Å². The summed E-state index contributed by atoms with van der Waals surface area (Å²) in [6, 6.07) is 15.9. The fourth-order valence-electron chi connectivity index (χ4n) is 3.31. The maximum Gasteiger partial charge on any atom is 0.321 e. The van der Waals surface area contributed by atoms with Gasteiger partial charge in [-0.3, -0.25) is 9.59 Å². The lowest BCUT2D eigenvalue weighted by molar-refractivity contribution is -0.136. The van der Waals surface area contributed by atoms with Crippen molar-refractivity contribution in [2.24, 2.45) is 5.92 Å². The van der Waals surface area contributed by atoms with Crippen molar-refractivity contribution in [1.82, 2.24) is 10.2 Å². The quantitative estimate of drug-likeness (QED) is 0.660. The van der Waals surface area contributed by atoms with Gasteiger partial charge in [-0.25, -0.2) is 4.79 Å². The lowest BCUT2D eigenvalue weighted by Crippen LogP contribution is -2.44. The zero-order valence-electron chi connectivity index (χ0n) is 16.9. The number of rotatable bonds is 5. The standard InChI is InChI=1S/C22H26N4O4/c1-30-19-10-6-5-9-18(19)25-22(29)26-13-11-16(12-14-26)15-23-20(27)21(28)24-17-7-3-2-4-8-17/h2-10,16H,11-15H2,1H3,(H,23,27)(H,24,28)(H,25,29). The first-order valence-electron chi connectivity index (χ1n) is 9.90. The number of ether oxygens (including phenoxy) is 1. The van der Waals surface area contributed by atoms with E-state index in [1.54, 1.807) is 48.4 Å². The van der Waals surface area contributed by atoms with Crippen LogP contribution in [-0.4, -0.2) is 49.5 Å². The Labute approximate surface area is 175 Å². The summed E-state index contributed by atoms with van der Waals surface area (Å²) in [5.41, 5.74) is 1.20. The van der Waals surface area contributed by atoms with Crippen LogP contribution in [0.2, 0.25) is 0 Å². The Kier molecular flexibility index (Phi) is 7.26. The summed E-state index contributed by atoms with van der Waals surface area (Å²) < 4.78 is 5.26. The summed E-state index contributed by atoms with van der Waals surface area (Å²) in [7, 11) is 1.56. The minimum Gasteiger partial charge on any atom is -0.495 e. The molecule has 3 rings (SSSR count). The van der Waals surface area contributed by atoms with Gasteiger partial charge in [0.1, 0.15) is 5.75 Å². The van der Waals surface area contributed by atoms with Gasteiger partial charge in [-0.05, 0) is 43.0 Å². The van der Waals surface area contributed by atoms with Crippen LogP contribution in [0, 0.1) is 5.92 Å². The highest BCUT2D eigenvalue weighted by Gasteiger charge is 2.24. The number of carbonyl (C=O) groups excluding carboxylic acids is 3. The minimum atomic E-state index is -0.685. The molecule has 8 nitrogen and oxygen atoms in total. The van der Waals surface area contributed by atoms with E-state index in [0.29, 0.717) is 36.8 Å². The molecule has 0 saturated carbocycles. The summed E-state index contributed by atoms with van der Waals surface area (Å²) in [4.78, 5) is 38.2. The molecule has 0 aromatic heterocycles. The van der Waals surface area contributed by atoms with Gasteiger partial charge in [0.2, 0.25) is 0 Å². The number of nitrogens with zero attached hydrogens (tertiary/aromatic N) is 1. The lowest BCUT2D eigenvalue weighted by Gasteiger charge is -2.32. The zero-order valence-corrected chi connectivity index (χ0v) is 16.9. The van der Waals surface area contributed by atoms with Gasteiger partial charge in [-0.1, -0.05) is 30.3 Å². The molecule has 0 unspecified atom stereocenters. The third-order valence-electron chi connectivity index (χ3n) is 5.04. The molecule has 0 aliphatic carbocycles. The van der Waals surface area contributed by atoms with Crippen LogP contribution in [0.4, 0.5) is 16.2 Å². The molecule has 3 N–H and O–H groups in total. The number of methoxy groups -OCH3 is 1. The van der Waals surface area contributed by atoms with Crippen LogP contribution in [0.5, 0.6) is 5.75 Å². The van der Waals surface area contributed by atoms with E-state index in [1.165, 1.54) is 0 Å². The molecule has 1 heterocycles. The molecule has 30 heavy (non-hydrogen) atoms. The summed E-state index contributed by atoms with van der Waals surface area (Å²) >= 11 is 0. The van der Waals surface area contributed by atoms with Gasteiger partial charge in [0.15, 0.2) is 0 Å². The number of hydrogen-bond acceptors (Lipinski definition) is 4. The van der Waals surface area contributed by atoms with Crippen LogP contribution in [0.15, 0.2) is 54.6 Å². The van der Waals surface area contributed by atoms with E-state index >= 15 is 0 Å². The molecular formula is C22H26N4O4. The van der Waals surface area contributed by atoms with Crippen molar-refractivity contribution in [3.8, 4) is 5.75 Å². The van der Waals surface area contributed by atoms with Crippen molar-refractivity contribution in [1.29, 1.82) is 0 Å². The molecule has 158 valence electrons. The second-order valence-corrected chi connectivity index (χ2v) is 7.09. The number of hydrogen-bond donors (Lipinski definition) is 3. The Hall–Kier alpha value is -3.55. The van der Waals surface area contributed by atoms with Crippen LogP contribution in [-0.2, 0) is 9.59 Å². The first kappa shape index (κ1) is 21.2. The molecule has 0 atom stereocenters. The zero-order chi connectivity index (χ0) is 21.3. The fourth-order valence-corrected chi connectivity index (χ4v) is 3.31. The van der Waals surface area contributed by atoms with Crippen molar-refractivity contribution in [2.45, 2.75) is 12.8 Å². The van der Waals surface area contributed by atoms with Gasteiger partial charge in [0.25, 0.3) is 0 Å². The molecule has 0 radical (unpaired) electrons. The summed E-state index contributed by atoms with van der Waals surface area (Å²) in [6.07, 6.45) is 1.50. The highest BCUT2D eigenvalue weighted by Crippen LogP contribution is 2.24. The Bertz CT molecular complexity index is 880. The molecule has 4 amide bonds. The second-order valence-electron chi connectivity index (χ2n) is 7.09. The van der Waals surface area contributed by atoms with Crippen LogP contribution in [0.25, 0.3) is 0 Å². The number of urea groups is 1. The van der Waals surface area contributed by atoms with E-state index < -0.39 is 11.8 Å². The number of nitrogens with one attached hydrogen (secondary N) is 3. The number of amides is 4. The molecule has 2 aromatic carbocycles. The largest absolute Gasteiger partial charge is 0.495 e. The van der Waals surface area contributed by atoms with Crippen molar-refractivity contribution in [3.63, 3.8) is 0 Å². The highest BCUT2D eigenvalue weighted by molar-refractivity contribution is 6.39. The summed E-state index contributed by atoms with van der Waals surface area (Å²) in [6.45, 7) is 1.57. The summed E-state index contributed by atoms with van der Waals surface area (Å²) in [5.74, 6) is -0.518. The third-order valence-corrected chi connectivity index (χ3v) is 5.04. The molecule has 8 heteroatoms. The Balaban J connectivity index is 1.40. The topological polar surface area (TPSA) is 99.8 Å². The van der Waals surface area contributed by atoms with Gasteiger partial charge < -0.3 is 25.6 Å². The number of benzene rings is 2. The molecule has 1 fully saturated rings. The average molecular weight is 410 g/mol. The van der Waals surface area contributed by atoms with E-state index in [9.17, 15) is 14.4 Å². The number of piperidine rings is 1. The number of likely N-dealkylation sites (tertiary alicyclic amines) is 1. The Morgan fingerprint density at radius 2 is 1.60 bits per heavy atom. The Morgan fingerprint density at radius 3 is 2.30 bits per heavy atom. The minimum absolute atomic E-state index is 0.177. The molecule has 2 aromatic rings. The maximum atomic E-state index is 12.5. The van der Waals surface area contributed by atoms with Crippen LogP contribution in [0.1, 0.15) is 12.8 Å². The van der Waals surface area contributed by atoms with E-state index in [4.69, 9.17) is 4.74 Å². The van der Waals surface area contributed by atoms with E-state index in [0.717, 1.165) is 12.8 Å². The van der Waals surface area contributed by atoms with Crippen molar-refractivity contribution >= 4 is 29.2 Å². The number of anilines is 2. The highest BCUT2D eigenvalue weighted by atomic mass is 16.5. The van der Waals surface area contributed by atoms with E-state index in [1.807, 2.05) is 18.2 Å². The van der Waals surface area contributed by atoms with Crippen molar-refractivity contribution in [3.05, 3.63) is 54.6 Å². The maximum absolute atomic E-state index is 12.5. The normalized spacial score (nSPS) is 14.0. The SMILES string of the molecule is COc1ccccc1NC(=O)N1CCC(CNC(=O)C(=O)Nc2ccccc2)CC1.